The Bertz CT molecular complexity index is 434. The highest BCUT2D eigenvalue weighted by Crippen LogP contribution is 2.22. The van der Waals surface area contributed by atoms with Gasteiger partial charge in [-0.15, -0.1) is 0 Å². The van der Waals surface area contributed by atoms with Crippen molar-refractivity contribution in [1.29, 1.82) is 0 Å². The van der Waals surface area contributed by atoms with Crippen LogP contribution in [0.1, 0.15) is 26.2 Å². The number of rotatable bonds is 5. The molecule has 0 bridgehead atoms. The molecule has 0 aromatic carbocycles. The molecule has 0 saturated carbocycles. The Morgan fingerprint density at radius 1 is 1.53 bits per heavy atom. The van der Waals surface area contributed by atoms with Crippen LogP contribution in [0, 0.1) is 10.1 Å². The number of hydrogen-bond acceptors (Lipinski definition) is 5. The van der Waals surface area contributed by atoms with Crippen molar-refractivity contribution in [1.82, 2.24) is 14.7 Å². The van der Waals surface area contributed by atoms with E-state index in [0.717, 1.165) is 25.8 Å². The molecule has 1 aromatic heterocycles. The minimum absolute atomic E-state index is 0.120. The number of aliphatic hydroxyl groups is 1. The number of nitrogens with zero attached hydrogens (tertiary/aromatic N) is 4. The molecular weight excluding hydrogens is 248 g/mol. The molecule has 0 aliphatic carbocycles. The molecule has 1 fully saturated rings. The van der Waals surface area contributed by atoms with Gasteiger partial charge in [0.2, 0.25) is 0 Å². The number of likely N-dealkylation sites (tertiary alicyclic amines) is 1. The smallest absolute Gasteiger partial charge is 0.389 e. The van der Waals surface area contributed by atoms with Crippen LogP contribution in [-0.4, -0.2) is 49.9 Å². The predicted molar refractivity (Wildman–Crippen MR) is 69.8 cm³/mol. The number of piperidine rings is 1. The molecule has 1 aliphatic rings. The van der Waals surface area contributed by atoms with Gasteiger partial charge in [-0.3, -0.25) is 4.90 Å². The monoisotopic (exact) mass is 268 g/mol. The lowest BCUT2D eigenvalue weighted by Crippen LogP contribution is -2.48. The molecule has 19 heavy (non-hydrogen) atoms. The maximum atomic E-state index is 10.6. The fourth-order valence-electron chi connectivity index (χ4n) is 2.73. The first-order chi connectivity index (χ1) is 9.11. The first kappa shape index (κ1) is 14.0. The highest BCUT2D eigenvalue weighted by atomic mass is 16.6. The summed E-state index contributed by atoms with van der Waals surface area (Å²) in [5, 5.41) is 23.9. The summed E-state index contributed by atoms with van der Waals surface area (Å²) < 4.78 is 1.59. The SMILES string of the molecule is CC1CCCC(CO)N1CCn1ccc([N+](=O)[O-])n1. The summed E-state index contributed by atoms with van der Waals surface area (Å²) in [6, 6.07) is 2.05. The van der Waals surface area contributed by atoms with E-state index >= 15 is 0 Å². The Hall–Kier alpha value is -1.47. The molecule has 2 rings (SSSR count). The van der Waals surface area contributed by atoms with E-state index in [2.05, 4.69) is 16.9 Å². The number of hydrogen-bond donors (Lipinski definition) is 1. The molecule has 1 saturated heterocycles. The van der Waals surface area contributed by atoms with Crippen LogP contribution in [0.3, 0.4) is 0 Å². The molecule has 7 nitrogen and oxygen atoms in total. The van der Waals surface area contributed by atoms with Gasteiger partial charge in [0.05, 0.1) is 30.5 Å². The Labute approximate surface area is 112 Å². The maximum Gasteiger partial charge on any atom is 0.389 e. The van der Waals surface area contributed by atoms with E-state index in [-0.39, 0.29) is 18.5 Å². The second-order valence-electron chi connectivity index (χ2n) is 5.05. The second kappa shape index (κ2) is 6.12. The van der Waals surface area contributed by atoms with Crippen molar-refractivity contribution in [2.75, 3.05) is 13.2 Å². The third kappa shape index (κ3) is 3.30. The van der Waals surface area contributed by atoms with Crippen LogP contribution in [0.5, 0.6) is 0 Å². The van der Waals surface area contributed by atoms with Crippen LogP contribution in [0.4, 0.5) is 5.82 Å². The lowest BCUT2D eigenvalue weighted by atomic mass is 9.97. The van der Waals surface area contributed by atoms with Gasteiger partial charge in [-0.25, -0.2) is 0 Å². The van der Waals surface area contributed by atoms with Gasteiger partial charge in [0, 0.05) is 18.6 Å². The fourth-order valence-corrected chi connectivity index (χ4v) is 2.73. The maximum absolute atomic E-state index is 10.6. The molecule has 0 spiro atoms. The van der Waals surface area contributed by atoms with E-state index in [4.69, 9.17) is 0 Å². The Kier molecular flexibility index (Phi) is 4.49. The molecule has 0 amide bonds. The molecule has 0 radical (unpaired) electrons. The van der Waals surface area contributed by atoms with Gasteiger partial charge in [-0.2, -0.15) is 4.68 Å². The quantitative estimate of drug-likeness (QED) is 0.636. The zero-order chi connectivity index (χ0) is 13.8. The summed E-state index contributed by atoms with van der Waals surface area (Å²) in [7, 11) is 0. The van der Waals surface area contributed by atoms with E-state index in [1.54, 1.807) is 10.9 Å². The highest BCUT2D eigenvalue weighted by molar-refractivity contribution is 5.13. The van der Waals surface area contributed by atoms with E-state index in [0.29, 0.717) is 12.6 Å². The Morgan fingerprint density at radius 2 is 2.32 bits per heavy atom. The molecule has 1 N–H and O–H groups in total. The Morgan fingerprint density at radius 3 is 2.95 bits per heavy atom. The first-order valence-corrected chi connectivity index (χ1v) is 6.66. The molecule has 1 aromatic rings. The normalized spacial score (nSPS) is 24.5. The molecule has 2 heterocycles. The van der Waals surface area contributed by atoms with Crippen molar-refractivity contribution in [3.8, 4) is 0 Å². The van der Waals surface area contributed by atoms with E-state index in [1.165, 1.54) is 6.07 Å². The molecule has 2 atom stereocenters. The van der Waals surface area contributed by atoms with Gasteiger partial charge in [-0.05, 0) is 24.7 Å². The van der Waals surface area contributed by atoms with Gasteiger partial charge in [-0.1, -0.05) is 6.42 Å². The minimum atomic E-state index is -0.490. The van der Waals surface area contributed by atoms with Crippen LogP contribution in [0.2, 0.25) is 0 Å². The minimum Gasteiger partial charge on any atom is -0.395 e. The number of aliphatic hydroxyl groups excluding tert-OH is 1. The summed E-state index contributed by atoms with van der Waals surface area (Å²) in [5.41, 5.74) is 0. The second-order valence-corrected chi connectivity index (χ2v) is 5.05. The van der Waals surface area contributed by atoms with Crippen molar-refractivity contribution >= 4 is 5.82 Å². The van der Waals surface area contributed by atoms with Gasteiger partial charge >= 0.3 is 5.82 Å². The summed E-state index contributed by atoms with van der Waals surface area (Å²) in [6.07, 6.45) is 4.92. The van der Waals surface area contributed by atoms with Gasteiger partial charge in [0.15, 0.2) is 0 Å². The summed E-state index contributed by atoms with van der Waals surface area (Å²) in [4.78, 5) is 12.3. The van der Waals surface area contributed by atoms with Crippen LogP contribution in [0.25, 0.3) is 0 Å². The fraction of sp³-hybridized carbons (Fsp3) is 0.750. The molecular formula is C12H20N4O3. The standard InChI is InChI=1S/C12H20N4O3/c1-10-3-2-4-11(9-17)15(10)8-7-14-6-5-12(13-14)16(18)19/h5-6,10-11,17H,2-4,7-9H2,1H3. The highest BCUT2D eigenvalue weighted by Gasteiger charge is 2.27. The Balaban J connectivity index is 1.93. The first-order valence-electron chi connectivity index (χ1n) is 6.66. The molecule has 106 valence electrons. The van der Waals surface area contributed by atoms with Gasteiger partial charge in [0.1, 0.15) is 0 Å². The van der Waals surface area contributed by atoms with Crippen molar-refractivity contribution in [2.45, 2.75) is 44.8 Å². The largest absolute Gasteiger partial charge is 0.395 e. The summed E-state index contributed by atoms with van der Waals surface area (Å²) in [6.45, 7) is 3.69. The topological polar surface area (TPSA) is 84.4 Å². The average Bonchev–Trinajstić information content (AvgIpc) is 2.86. The van der Waals surface area contributed by atoms with E-state index < -0.39 is 4.92 Å². The average molecular weight is 268 g/mol. The van der Waals surface area contributed by atoms with Gasteiger partial charge < -0.3 is 15.2 Å². The van der Waals surface area contributed by atoms with Crippen LogP contribution >= 0.6 is 0 Å². The van der Waals surface area contributed by atoms with Crippen molar-refractivity contribution < 1.29 is 10.0 Å². The third-order valence-corrected chi connectivity index (χ3v) is 3.81. The predicted octanol–water partition coefficient (Wildman–Crippen LogP) is 1.03. The van der Waals surface area contributed by atoms with Crippen molar-refractivity contribution in [2.24, 2.45) is 0 Å². The zero-order valence-electron chi connectivity index (χ0n) is 11.1. The van der Waals surface area contributed by atoms with Crippen molar-refractivity contribution in [3.63, 3.8) is 0 Å². The third-order valence-electron chi connectivity index (χ3n) is 3.81. The number of nitro groups is 1. The summed E-state index contributed by atoms with van der Waals surface area (Å²) >= 11 is 0. The zero-order valence-corrected chi connectivity index (χ0v) is 11.1. The van der Waals surface area contributed by atoms with E-state index in [9.17, 15) is 15.2 Å². The van der Waals surface area contributed by atoms with Crippen LogP contribution in [-0.2, 0) is 6.54 Å². The van der Waals surface area contributed by atoms with E-state index in [1.807, 2.05) is 0 Å². The number of aromatic nitrogens is 2. The van der Waals surface area contributed by atoms with Crippen LogP contribution < -0.4 is 0 Å². The lowest BCUT2D eigenvalue weighted by Gasteiger charge is -2.39. The van der Waals surface area contributed by atoms with Crippen molar-refractivity contribution in [3.05, 3.63) is 22.4 Å². The molecule has 1 aliphatic heterocycles. The lowest BCUT2D eigenvalue weighted by molar-refractivity contribution is -0.389. The molecule has 2 unspecified atom stereocenters. The summed E-state index contributed by atoms with van der Waals surface area (Å²) in [5.74, 6) is -0.120. The molecule has 7 heteroatoms. The van der Waals surface area contributed by atoms with Gasteiger partial charge in [0.25, 0.3) is 0 Å². The van der Waals surface area contributed by atoms with Crippen LogP contribution in [0.15, 0.2) is 12.3 Å².